The standard InChI is InChI=1S/C24H27FN6O3/c1-3-4-5-23(32)27-14-19-15-31(24(33)34-19)18-7-8-20(21(25)12-18)17-6-9-22(26-13-17)30-11-10-29(2)28-16-30/h3-9,12-13,16,19,27,32H,10-11,14-15H2,1-2H3/b4-3+,23-5-. The molecule has 4 rings (SSSR count). The number of amides is 1. The molecule has 1 aromatic heterocycles. The monoisotopic (exact) mass is 466 g/mol. The molecular formula is C24H27FN6O3. The van der Waals surface area contributed by atoms with E-state index < -0.39 is 18.0 Å². The van der Waals surface area contributed by atoms with Crippen LogP contribution in [0.3, 0.4) is 0 Å². The predicted octanol–water partition coefficient (Wildman–Crippen LogP) is 3.47. The van der Waals surface area contributed by atoms with Crippen molar-refractivity contribution in [3.05, 3.63) is 66.5 Å². The molecule has 2 aliphatic rings. The fraction of sp³-hybridized carbons (Fsp3) is 0.292. The number of hydrogen-bond donors (Lipinski definition) is 2. The third kappa shape index (κ3) is 5.28. The van der Waals surface area contributed by atoms with Gasteiger partial charge >= 0.3 is 6.09 Å². The Balaban J connectivity index is 1.42. The van der Waals surface area contributed by atoms with E-state index in [-0.39, 0.29) is 19.0 Å². The Morgan fingerprint density at radius 3 is 2.85 bits per heavy atom. The van der Waals surface area contributed by atoms with E-state index in [4.69, 9.17) is 4.74 Å². The second kappa shape index (κ2) is 10.2. The molecule has 2 N–H and O–H groups in total. The Bertz CT molecular complexity index is 1120. The van der Waals surface area contributed by atoms with Crippen LogP contribution in [0, 0.1) is 5.82 Å². The lowest BCUT2D eigenvalue weighted by atomic mass is 10.1. The summed E-state index contributed by atoms with van der Waals surface area (Å²) < 4.78 is 20.3. The van der Waals surface area contributed by atoms with Crippen LogP contribution >= 0.6 is 0 Å². The molecule has 0 bridgehead atoms. The van der Waals surface area contributed by atoms with E-state index in [0.29, 0.717) is 16.8 Å². The van der Waals surface area contributed by atoms with Gasteiger partial charge in [-0.3, -0.25) is 9.91 Å². The number of benzene rings is 1. The van der Waals surface area contributed by atoms with Gasteiger partial charge in [0.05, 0.1) is 25.3 Å². The van der Waals surface area contributed by atoms with Gasteiger partial charge in [0, 0.05) is 30.9 Å². The predicted molar refractivity (Wildman–Crippen MR) is 129 cm³/mol. The molecule has 1 aromatic carbocycles. The van der Waals surface area contributed by atoms with Gasteiger partial charge in [0.2, 0.25) is 0 Å². The van der Waals surface area contributed by atoms with Crippen LogP contribution in [0.4, 0.5) is 20.7 Å². The average molecular weight is 467 g/mol. The summed E-state index contributed by atoms with van der Waals surface area (Å²) in [4.78, 5) is 20.1. The van der Waals surface area contributed by atoms with Crippen molar-refractivity contribution in [2.45, 2.75) is 13.0 Å². The summed E-state index contributed by atoms with van der Waals surface area (Å²) in [5, 5.41) is 18.6. The molecule has 0 radical (unpaired) electrons. The van der Waals surface area contributed by atoms with Crippen molar-refractivity contribution in [2.24, 2.45) is 5.10 Å². The summed E-state index contributed by atoms with van der Waals surface area (Å²) in [6.07, 6.45) is 7.27. The molecule has 1 saturated heterocycles. The third-order valence-electron chi connectivity index (χ3n) is 5.50. The van der Waals surface area contributed by atoms with Gasteiger partial charge in [-0.1, -0.05) is 12.2 Å². The van der Waals surface area contributed by atoms with E-state index in [0.717, 1.165) is 18.9 Å². The highest BCUT2D eigenvalue weighted by molar-refractivity contribution is 5.90. The van der Waals surface area contributed by atoms with Crippen molar-refractivity contribution < 1.29 is 19.0 Å². The Morgan fingerprint density at radius 1 is 1.32 bits per heavy atom. The summed E-state index contributed by atoms with van der Waals surface area (Å²) in [6, 6.07) is 8.27. The maximum atomic E-state index is 15.0. The van der Waals surface area contributed by atoms with E-state index in [9.17, 15) is 14.3 Å². The van der Waals surface area contributed by atoms with E-state index in [1.165, 1.54) is 17.0 Å². The van der Waals surface area contributed by atoms with Gasteiger partial charge in [0.25, 0.3) is 0 Å². The van der Waals surface area contributed by atoms with Gasteiger partial charge in [-0.05, 0) is 43.3 Å². The minimum atomic E-state index is -0.560. The van der Waals surface area contributed by atoms with Crippen molar-refractivity contribution >= 4 is 23.9 Å². The second-order valence-corrected chi connectivity index (χ2v) is 7.95. The van der Waals surface area contributed by atoms with E-state index in [2.05, 4.69) is 15.4 Å². The molecule has 2 aliphatic heterocycles. The molecule has 1 unspecified atom stereocenters. The van der Waals surface area contributed by atoms with Crippen molar-refractivity contribution in [1.29, 1.82) is 0 Å². The maximum Gasteiger partial charge on any atom is 0.414 e. The number of carbonyl (C=O) groups excluding carboxylic acids is 1. The molecule has 3 heterocycles. The normalized spacial score (nSPS) is 18.7. The molecule has 34 heavy (non-hydrogen) atoms. The number of aliphatic hydroxyl groups is 1. The lowest BCUT2D eigenvalue weighted by Crippen LogP contribution is -2.36. The fourth-order valence-corrected chi connectivity index (χ4v) is 3.62. The Labute approximate surface area is 197 Å². The van der Waals surface area contributed by atoms with Crippen LogP contribution in [0.2, 0.25) is 0 Å². The molecule has 178 valence electrons. The van der Waals surface area contributed by atoms with E-state index in [1.54, 1.807) is 36.8 Å². The number of anilines is 2. The number of cyclic esters (lactones) is 1. The first kappa shape index (κ1) is 23.1. The zero-order valence-corrected chi connectivity index (χ0v) is 19.1. The second-order valence-electron chi connectivity index (χ2n) is 7.95. The topological polar surface area (TPSA) is 93.5 Å². The van der Waals surface area contributed by atoms with Crippen LogP contribution in [0.25, 0.3) is 11.1 Å². The Morgan fingerprint density at radius 2 is 2.18 bits per heavy atom. The number of allylic oxidation sites excluding steroid dienone is 3. The number of aromatic nitrogens is 1. The molecule has 0 aliphatic carbocycles. The summed E-state index contributed by atoms with van der Waals surface area (Å²) in [5.41, 5.74) is 1.42. The van der Waals surface area contributed by atoms with Gasteiger partial charge in [0.1, 0.15) is 24.1 Å². The molecule has 10 heteroatoms. The minimum absolute atomic E-state index is 0.0254. The van der Waals surface area contributed by atoms with Gasteiger partial charge in [-0.25, -0.2) is 14.2 Å². The number of rotatable bonds is 7. The number of hydrogen-bond acceptors (Lipinski definition) is 8. The highest BCUT2D eigenvalue weighted by Crippen LogP contribution is 2.29. The number of ether oxygens (including phenoxy) is 1. The zero-order chi connectivity index (χ0) is 24.1. The smallest absolute Gasteiger partial charge is 0.414 e. The van der Waals surface area contributed by atoms with Gasteiger partial charge in [0.15, 0.2) is 5.88 Å². The summed E-state index contributed by atoms with van der Waals surface area (Å²) in [6.45, 7) is 3.87. The van der Waals surface area contributed by atoms with Crippen molar-refractivity contribution in [3.8, 4) is 11.1 Å². The number of carbonyl (C=O) groups is 1. The summed E-state index contributed by atoms with van der Waals surface area (Å²) in [7, 11) is 1.91. The van der Waals surface area contributed by atoms with Crippen LogP contribution in [0.5, 0.6) is 0 Å². The molecular weight excluding hydrogens is 439 g/mol. The minimum Gasteiger partial charge on any atom is -0.495 e. The quantitative estimate of drug-likeness (QED) is 0.477. The Hall–Kier alpha value is -4.08. The number of aliphatic hydroxyl groups excluding tert-OH is 1. The van der Waals surface area contributed by atoms with Gasteiger partial charge < -0.3 is 20.1 Å². The number of likely N-dealkylation sites (N-methyl/N-ethyl adjacent to an activating group) is 1. The molecule has 0 saturated carbocycles. The van der Waals surface area contributed by atoms with Crippen LogP contribution < -0.4 is 15.1 Å². The van der Waals surface area contributed by atoms with Gasteiger partial charge in [-0.2, -0.15) is 5.10 Å². The molecule has 2 aromatic rings. The molecule has 0 spiro atoms. The highest BCUT2D eigenvalue weighted by Gasteiger charge is 2.32. The fourth-order valence-electron chi connectivity index (χ4n) is 3.62. The summed E-state index contributed by atoms with van der Waals surface area (Å²) in [5.74, 6) is 0.251. The lowest BCUT2D eigenvalue weighted by molar-refractivity contribution is 0.139. The highest BCUT2D eigenvalue weighted by atomic mass is 19.1. The number of nitrogens with zero attached hydrogens (tertiary/aromatic N) is 5. The van der Waals surface area contributed by atoms with Crippen LogP contribution in [-0.2, 0) is 4.74 Å². The first-order valence-corrected chi connectivity index (χ1v) is 11.0. The first-order chi connectivity index (χ1) is 16.4. The lowest BCUT2D eigenvalue weighted by Gasteiger charge is -2.26. The molecule has 1 fully saturated rings. The molecule has 9 nitrogen and oxygen atoms in total. The number of hydrazone groups is 1. The number of nitrogens with one attached hydrogen (secondary N) is 1. The van der Waals surface area contributed by atoms with E-state index >= 15 is 0 Å². The third-order valence-corrected chi connectivity index (χ3v) is 5.50. The van der Waals surface area contributed by atoms with Crippen LogP contribution in [0.15, 0.2) is 65.7 Å². The SMILES string of the molecule is C/C=C/C=C(\O)NCC1CN(c2ccc(-c3ccc(N4C=NN(C)CC4)nc3)c(F)c2)C(=O)O1. The van der Waals surface area contributed by atoms with Crippen molar-refractivity contribution in [3.63, 3.8) is 0 Å². The van der Waals surface area contributed by atoms with Crippen molar-refractivity contribution in [1.82, 2.24) is 15.3 Å². The van der Waals surface area contributed by atoms with Crippen molar-refractivity contribution in [2.75, 3.05) is 43.0 Å². The van der Waals surface area contributed by atoms with E-state index in [1.807, 2.05) is 36.0 Å². The maximum absolute atomic E-state index is 15.0. The number of halogens is 1. The molecule has 1 amide bonds. The zero-order valence-electron chi connectivity index (χ0n) is 19.1. The average Bonchev–Trinajstić information content (AvgIpc) is 3.22. The molecule has 1 atom stereocenters. The van der Waals surface area contributed by atoms with Gasteiger partial charge in [-0.15, -0.1) is 0 Å². The number of pyridine rings is 1. The van der Waals surface area contributed by atoms with Crippen LogP contribution in [0.1, 0.15) is 6.92 Å². The first-order valence-electron chi connectivity index (χ1n) is 11.0. The van der Waals surface area contributed by atoms with Crippen LogP contribution in [-0.4, -0.2) is 66.9 Å². The Kier molecular flexibility index (Phi) is 6.95. The summed E-state index contributed by atoms with van der Waals surface area (Å²) >= 11 is 0. The largest absolute Gasteiger partial charge is 0.495 e.